The topological polar surface area (TPSA) is 91.6 Å². The predicted octanol–water partition coefficient (Wildman–Crippen LogP) is 4.59. The van der Waals surface area contributed by atoms with E-state index < -0.39 is 0 Å². The molecule has 0 bridgehead atoms. The number of likely N-dealkylation sites (tertiary alicyclic amines) is 2. The summed E-state index contributed by atoms with van der Waals surface area (Å²) in [6.45, 7) is 3.65. The van der Waals surface area contributed by atoms with Gasteiger partial charge in [-0.3, -0.25) is 14.5 Å². The fourth-order valence-electron chi connectivity index (χ4n) is 4.71. The first-order valence-corrected chi connectivity index (χ1v) is 12.9. The molecular weight excluding hydrogens is 510 g/mol. The number of anilines is 1. The third-order valence-corrected chi connectivity index (χ3v) is 7.17. The average molecular weight is 538 g/mol. The van der Waals surface area contributed by atoms with Gasteiger partial charge in [-0.05, 0) is 63.0 Å². The fourth-order valence-corrected chi connectivity index (χ4v) is 5.11. The first-order valence-electron chi connectivity index (χ1n) is 12.1. The number of nitrogens with one attached hydrogen (secondary N) is 1. The normalized spacial score (nSPS) is 17.0. The van der Waals surface area contributed by atoms with E-state index in [0.717, 1.165) is 61.9 Å². The zero-order valence-corrected chi connectivity index (χ0v) is 21.0. The van der Waals surface area contributed by atoms with Crippen LogP contribution in [0.1, 0.15) is 41.9 Å². The van der Waals surface area contributed by atoms with Gasteiger partial charge < -0.3 is 14.7 Å². The van der Waals surface area contributed by atoms with Gasteiger partial charge in [0.05, 0.1) is 17.8 Å². The molecule has 35 heavy (non-hydrogen) atoms. The molecule has 0 saturated carbocycles. The van der Waals surface area contributed by atoms with Gasteiger partial charge in [0.25, 0.3) is 5.91 Å². The number of nitrogens with zero attached hydrogens (tertiary/aromatic N) is 4. The summed E-state index contributed by atoms with van der Waals surface area (Å²) in [5.41, 5.74) is 2.06. The Balaban J connectivity index is 1.15. The van der Waals surface area contributed by atoms with Crippen molar-refractivity contribution in [2.45, 2.75) is 32.2 Å². The maximum absolute atomic E-state index is 13.0. The second-order valence-corrected chi connectivity index (χ2v) is 10.0. The second kappa shape index (κ2) is 10.7. The minimum Gasteiger partial charge on any atom is -0.339 e. The third kappa shape index (κ3) is 5.62. The van der Waals surface area contributed by atoms with Gasteiger partial charge in [-0.25, -0.2) is 0 Å². The van der Waals surface area contributed by atoms with Crippen molar-refractivity contribution in [2.24, 2.45) is 5.92 Å². The minimum atomic E-state index is -0.0962. The van der Waals surface area contributed by atoms with Gasteiger partial charge in [0.2, 0.25) is 17.6 Å². The van der Waals surface area contributed by atoms with Crippen LogP contribution in [0.25, 0.3) is 11.4 Å². The Hall–Kier alpha value is -3.04. The van der Waals surface area contributed by atoms with Crippen LogP contribution in [-0.2, 0) is 11.3 Å². The second-order valence-electron chi connectivity index (χ2n) is 9.11. The van der Waals surface area contributed by atoms with Crippen molar-refractivity contribution in [3.63, 3.8) is 0 Å². The summed E-state index contributed by atoms with van der Waals surface area (Å²) in [4.78, 5) is 34.5. The molecule has 0 atom stereocenters. The Bertz CT molecular complexity index is 1200. The summed E-state index contributed by atoms with van der Waals surface area (Å²) in [5.74, 6) is 1.01. The van der Waals surface area contributed by atoms with Crippen molar-refractivity contribution in [3.05, 3.63) is 64.5 Å². The molecule has 9 heteroatoms. The molecule has 2 fully saturated rings. The lowest BCUT2D eigenvalue weighted by molar-refractivity contribution is -0.121. The number of rotatable bonds is 6. The summed E-state index contributed by atoms with van der Waals surface area (Å²) in [7, 11) is 0. The monoisotopic (exact) mass is 537 g/mol. The summed E-state index contributed by atoms with van der Waals surface area (Å²) >= 11 is 3.46. The van der Waals surface area contributed by atoms with Crippen LogP contribution in [0.5, 0.6) is 0 Å². The highest BCUT2D eigenvalue weighted by molar-refractivity contribution is 9.10. The number of amides is 2. The van der Waals surface area contributed by atoms with Crippen molar-refractivity contribution in [1.82, 2.24) is 19.9 Å². The van der Waals surface area contributed by atoms with Gasteiger partial charge in [0.1, 0.15) is 0 Å². The van der Waals surface area contributed by atoms with Gasteiger partial charge in [-0.2, -0.15) is 4.98 Å². The Morgan fingerprint density at radius 1 is 1.03 bits per heavy atom. The fraction of sp³-hybridized carbons (Fsp3) is 0.385. The predicted molar refractivity (Wildman–Crippen MR) is 136 cm³/mol. The highest BCUT2D eigenvalue weighted by Crippen LogP contribution is 2.25. The van der Waals surface area contributed by atoms with Crippen LogP contribution in [0, 0.1) is 5.92 Å². The molecule has 3 aromatic rings. The molecule has 2 amide bonds. The number of hydrogen-bond acceptors (Lipinski definition) is 6. The molecule has 2 aliphatic rings. The van der Waals surface area contributed by atoms with E-state index in [9.17, 15) is 9.59 Å². The van der Waals surface area contributed by atoms with Crippen molar-refractivity contribution >= 4 is 33.4 Å². The minimum absolute atomic E-state index is 0.00462. The number of hydrogen-bond donors (Lipinski definition) is 1. The molecule has 0 aliphatic carbocycles. The molecule has 0 unspecified atom stereocenters. The van der Waals surface area contributed by atoms with Gasteiger partial charge in [0, 0.05) is 29.0 Å². The number of carbonyl (C=O) groups excluding carboxylic acids is 2. The Morgan fingerprint density at radius 2 is 1.80 bits per heavy atom. The van der Waals surface area contributed by atoms with Crippen LogP contribution in [0.4, 0.5) is 5.69 Å². The zero-order chi connectivity index (χ0) is 24.2. The lowest BCUT2D eigenvalue weighted by Crippen LogP contribution is -2.38. The van der Waals surface area contributed by atoms with Crippen molar-refractivity contribution in [1.29, 1.82) is 0 Å². The molecule has 182 valence electrons. The SMILES string of the molecule is O=C(Nc1ccccc1C(=O)N1CCCC1)C1CCN(Cc2nc(-c3cccc(Br)c3)no2)CC1. The molecular formula is C26H28BrN5O3. The largest absolute Gasteiger partial charge is 0.339 e. The lowest BCUT2D eigenvalue weighted by Gasteiger charge is -2.30. The summed E-state index contributed by atoms with van der Waals surface area (Å²) in [6, 6.07) is 15.1. The van der Waals surface area contributed by atoms with E-state index in [1.807, 2.05) is 47.4 Å². The van der Waals surface area contributed by atoms with Crippen molar-refractivity contribution in [3.8, 4) is 11.4 Å². The molecule has 2 aliphatic heterocycles. The van der Waals surface area contributed by atoms with E-state index in [0.29, 0.717) is 29.5 Å². The molecule has 2 aromatic carbocycles. The van der Waals surface area contributed by atoms with Gasteiger partial charge in [-0.1, -0.05) is 45.4 Å². The van der Waals surface area contributed by atoms with Gasteiger partial charge >= 0.3 is 0 Å². The van der Waals surface area contributed by atoms with Crippen LogP contribution >= 0.6 is 15.9 Å². The number of piperidine rings is 1. The average Bonchev–Trinajstić information content (AvgIpc) is 3.57. The molecule has 1 N–H and O–H groups in total. The maximum atomic E-state index is 13.0. The van der Waals surface area contributed by atoms with Crippen LogP contribution in [0.15, 0.2) is 57.5 Å². The van der Waals surface area contributed by atoms with E-state index in [1.165, 1.54) is 0 Å². The molecule has 0 radical (unpaired) electrons. The number of para-hydroxylation sites is 1. The molecule has 5 rings (SSSR count). The number of benzene rings is 2. The first kappa shape index (κ1) is 23.7. The molecule has 0 spiro atoms. The standard InChI is InChI=1S/C26H28BrN5O3/c27-20-7-5-6-19(16-20)24-29-23(35-30-24)17-31-14-10-18(11-15-31)25(33)28-22-9-2-1-8-21(22)26(34)32-12-3-4-13-32/h1-2,5-9,16,18H,3-4,10-15,17H2,(H,28,33). The summed E-state index contributed by atoms with van der Waals surface area (Å²) in [5, 5.41) is 7.13. The number of halogens is 1. The van der Waals surface area contributed by atoms with Gasteiger partial charge in [0.15, 0.2) is 0 Å². The third-order valence-electron chi connectivity index (χ3n) is 6.68. The summed E-state index contributed by atoms with van der Waals surface area (Å²) < 4.78 is 6.42. The van der Waals surface area contributed by atoms with Crippen LogP contribution in [-0.4, -0.2) is 57.9 Å². The number of carbonyl (C=O) groups is 2. The van der Waals surface area contributed by atoms with Crippen LogP contribution in [0.3, 0.4) is 0 Å². The highest BCUT2D eigenvalue weighted by atomic mass is 79.9. The van der Waals surface area contributed by atoms with E-state index in [1.54, 1.807) is 6.07 Å². The first-order chi connectivity index (χ1) is 17.1. The Labute approximate surface area is 212 Å². The zero-order valence-electron chi connectivity index (χ0n) is 19.5. The quantitative estimate of drug-likeness (QED) is 0.494. The molecule has 1 aromatic heterocycles. The molecule has 3 heterocycles. The van der Waals surface area contributed by atoms with Crippen LogP contribution in [0.2, 0.25) is 0 Å². The van der Waals surface area contributed by atoms with E-state index in [4.69, 9.17) is 4.52 Å². The molecule has 8 nitrogen and oxygen atoms in total. The van der Waals surface area contributed by atoms with Crippen LogP contribution < -0.4 is 5.32 Å². The smallest absolute Gasteiger partial charge is 0.255 e. The Kier molecular flexibility index (Phi) is 7.24. The molecule has 2 saturated heterocycles. The highest BCUT2D eigenvalue weighted by Gasteiger charge is 2.28. The van der Waals surface area contributed by atoms with E-state index in [2.05, 4.69) is 36.3 Å². The summed E-state index contributed by atoms with van der Waals surface area (Å²) in [6.07, 6.45) is 3.54. The lowest BCUT2D eigenvalue weighted by atomic mass is 9.95. The van der Waals surface area contributed by atoms with Crippen molar-refractivity contribution < 1.29 is 14.1 Å². The Morgan fingerprint density at radius 3 is 2.57 bits per heavy atom. The number of aromatic nitrogens is 2. The maximum Gasteiger partial charge on any atom is 0.255 e. The van der Waals surface area contributed by atoms with Crippen molar-refractivity contribution in [2.75, 3.05) is 31.5 Å². The van der Waals surface area contributed by atoms with E-state index >= 15 is 0 Å². The van der Waals surface area contributed by atoms with E-state index in [-0.39, 0.29) is 17.7 Å². The van der Waals surface area contributed by atoms with Gasteiger partial charge in [-0.15, -0.1) is 0 Å².